The second-order valence-electron chi connectivity index (χ2n) is 3.81. The zero-order valence-corrected chi connectivity index (χ0v) is 8.16. The third-order valence-electron chi connectivity index (χ3n) is 2.70. The highest BCUT2D eigenvalue weighted by Gasteiger charge is 2.15. The first-order valence-corrected chi connectivity index (χ1v) is 5.06. The SMILES string of the molecule is Cn1ccc(C2CCCCNC2)n1. The highest BCUT2D eigenvalue weighted by atomic mass is 15.2. The van der Waals surface area contributed by atoms with E-state index in [0.29, 0.717) is 5.92 Å². The summed E-state index contributed by atoms with van der Waals surface area (Å²) in [6, 6.07) is 2.14. The summed E-state index contributed by atoms with van der Waals surface area (Å²) in [5, 5.41) is 7.91. The molecule has 13 heavy (non-hydrogen) atoms. The lowest BCUT2D eigenvalue weighted by Gasteiger charge is -2.10. The number of nitrogens with one attached hydrogen (secondary N) is 1. The van der Waals surface area contributed by atoms with Crippen molar-refractivity contribution in [2.45, 2.75) is 25.2 Å². The molecule has 1 fully saturated rings. The van der Waals surface area contributed by atoms with Gasteiger partial charge in [0.1, 0.15) is 0 Å². The maximum atomic E-state index is 4.45. The van der Waals surface area contributed by atoms with Gasteiger partial charge in [-0.3, -0.25) is 4.68 Å². The number of aromatic nitrogens is 2. The molecule has 0 saturated carbocycles. The molecule has 72 valence electrons. The number of hydrogen-bond acceptors (Lipinski definition) is 2. The van der Waals surface area contributed by atoms with Gasteiger partial charge in [-0.05, 0) is 25.5 Å². The van der Waals surface area contributed by atoms with Crippen molar-refractivity contribution < 1.29 is 0 Å². The van der Waals surface area contributed by atoms with Crippen molar-refractivity contribution in [1.82, 2.24) is 15.1 Å². The van der Waals surface area contributed by atoms with Crippen molar-refractivity contribution in [2.75, 3.05) is 13.1 Å². The summed E-state index contributed by atoms with van der Waals surface area (Å²) in [4.78, 5) is 0. The summed E-state index contributed by atoms with van der Waals surface area (Å²) >= 11 is 0. The van der Waals surface area contributed by atoms with Gasteiger partial charge in [-0.15, -0.1) is 0 Å². The number of hydrogen-bond donors (Lipinski definition) is 1. The fraction of sp³-hybridized carbons (Fsp3) is 0.700. The molecule has 1 aliphatic heterocycles. The second-order valence-corrected chi connectivity index (χ2v) is 3.81. The maximum absolute atomic E-state index is 4.45. The molecule has 1 aliphatic rings. The number of rotatable bonds is 1. The van der Waals surface area contributed by atoms with Crippen LogP contribution in [0.1, 0.15) is 30.9 Å². The average Bonchev–Trinajstić information content (AvgIpc) is 2.43. The van der Waals surface area contributed by atoms with Gasteiger partial charge >= 0.3 is 0 Å². The molecule has 1 aromatic rings. The molecule has 2 rings (SSSR count). The van der Waals surface area contributed by atoms with E-state index in [9.17, 15) is 0 Å². The summed E-state index contributed by atoms with van der Waals surface area (Å²) < 4.78 is 1.89. The van der Waals surface area contributed by atoms with Crippen LogP contribution in [-0.2, 0) is 7.05 Å². The molecule has 0 spiro atoms. The predicted molar refractivity (Wildman–Crippen MR) is 52.7 cm³/mol. The molecule has 0 radical (unpaired) electrons. The van der Waals surface area contributed by atoms with Crippen molar-refractivity contribution in [3.05, 3.63) is 18.0 Å². The van der Waals surface area contributed by atoms with E-state index in [1.54, 1.807) is 0 Å². The molecule has 0 amide bonds. The summed E-state index contributed by atoms with van der Waals surface area (Å²) in [5.41, 5.74) is 1.25. The molecule has 1 N–H and O–H groups in total. The van der Waals surface area contributed by atoms with Gasteiger partial charge in [-0.25, -0.2) is 0 Å². The van der Waals surface area contributed by atoms with Crippen molar-refractivity contribution in [3.63, 3.8) is 0 Å². The van der Waals surface area contributed by atoms with E-state index in [1.165, 1.54) is 31.5 Å². The normalized spacial score (nSPS) is 24.2. The molecule has 1 aromatic heterocycles. The van der Waals surface area contributed by atoms with Gasteiger partial charge in [0.05, 0.1) is 5.69 Å². The summed E-state index contributed by atoms with van der Waals surface area (Å²) in [7, 11) is 1.98. The van der Waals surface area contributed by atoms with Crippen LogP contribution in [0, 0.1) is 0 Å². The van der Waals surface area contributed by atoms with E-state index >= 15 is 0 Å². The maximum Gasteiger partial charge on any atom is 0.0668 e. The van der Waals surface area contributed by atoms with Gasteiger partial charge in [0, 0.05) is 25.7 Å². The lowest BCUT2D eigenvalue weighted by Crippen LogP contribution is -2.19. The van der Waals surface area contributed by atoms with Crippen molar-refractivity contribution >= 4 is 0 Å². The first kappa shape index (κ1) is 8.75. The molecule has 3 nitrogen and oxygen atoms in total. The van der Waals surface area contributed by atoms with Crippen LogP contribution >= 0.6 is 0 Å². The minimum absolute atomic E-state index is 0.628. The molecular weight excluding hydrogens is 162 g/mol. The van der Waals surface area contributed by atoms with E-state index in [1.807, 2.05) is 17.9 Å². The molecule has 1 unspecified atom stereocenters. The topological polar surface area (TPSA) is 29.9 Å². The molecule has 1 atom stereocenters. The standard InChI is InChI=1S/C10H17N3/c1-13-7-5-10(12-13)9-4-2-3-6-11-8-9/h5,7,9,11H,2-4,6,8H2,1H3. The van der Waals surface area contributed by atoms with Crippen LogP contribution in [0.4, 0.5) is 0 Å². The van der Waals surface area contributed by atoms with Gasteiger partial charge in [0.2, 0.25) is 0 Å². The quantitative estimate of drug-likeness (QED) is 0.703. The monoisotopic (exact) mass is 179 g/mol. The molecule has 0 bridgehead atoms. The van der Waals surface area contributed by atoms with Crippen LogP contribution in [0.2, 0.25) is 0 Å². The lowest BCUT2D eigenvalue weighted by atomic mass is 10.0. The largest absolute Gasteiger partial charge is 0.316 e. The fourth-order valence-electron chi connectivity index (χ4n) is 1.92. The zero-order valence-electron chi connectivity index (χ0n) is 8.16. The molecule has 1 saturated heterocycles. The Balaban J connectivity index is 2.06. The molecular formula is C10H17N3. The average molecular weight is 179 g/mol. The Morgan fingerprint density at radius 1 is 1.54 bits per heavy atom. The third-order valence-corrected chi connectivity index (χ3v) is 2.70. The molecule has 0 aromatic carbocycles. The van der Waals surface area contributed by atoms with Gasteiger partial charge in [0.25, 0.3) is 0 Å². The Bertz CT molecular complexity index is 259. The van der Waals surface area contributed by atoms with Crippen LogP contribution in [0.25, 0.3) is 0 Å². The van der Waals surface area contributed by atoms with Gasteiger partial charge in [-0.2, -0.15) is 5.10 Å². The smallest absolute Gasteiger partial charge is 0.0668 e. The minimum atomic E-state index is 0.628. The van der Waals surface area contributed by atoms with Crippen LogP contribution in [-0.4, -0.2) is 22.9 Å². The Kier molecular flexibility index (Phi) is 2.64. The van der Waals surface area contributed by atoms with Crippen LogP contribution in [0.15, 0.2) is 12.3 Å². The molecule has 0 aliphatic carbocycles. The van der Waals surface area contributed by atoms with Crippen LogP contribution in [0.5, 0.6) is 0 Å². The highest BCUT2D eigenvalue weighted by Crippen LogP contribution is 2.21. The van der Waals surface area contributed by atoms with Gasteiger partial charge in [-0.1, -0.05) is 6.42 Å². The van der Waals surface area contributed by atoms with Crippen molar-refractivity contribution in [3.8, 4) is 0 Å². The van der Waals surface area contributed by atoms with E-state index < -0.39 is 0 Å². The summed E-state index contributed by atoms with van der Waals surface area (Å²) in [6.45, 7) is 2.26. The highest BCUT2D eigenvalue weighted by molar-refractivity contribution is 5.07. The Morgan fingerprint density at radius 2 is 2.46 bits per heavy atom. The first-order chi connectivity index (χ1) is 6.36. The summed E-state index contributed by atoms with van der Waals surface area (Å²) in [6.07, 6.45) is 5.95. The van der Waals surface area contributed by atoms with Crippen molar-refractivity contribution in [1.29, 1.82) is 0 Å². The number of aryl methyl sites for hydroxylation is 1. The number of nitrogens with zero attached hydrogens (tertiary/aromatic N) is 2. The van der Waals surface area contributed by atoms with E-state index in [4.69, 9.17) is 0 Å². The van der Waals surface area contributed by atoms with Crippen molar-refractivity contribution in [2.24, 2.45) is 7.05 Å². The second kappa shape index (κ2) is 3.92. The van der Waals surface area contributed by atoms with Crippen LogP contribution in [0.3, 0.4) is 0 Å². The molecule has 3 heteroatoms. The van der Waals surface area contributed by atoms with E-state index in [2.05, 4.69) is 16.5 Å². The Hall–Kier alpha value is -0.830. The van der Waals surface area contributed by atoms with Crippen LogP contribution < -0.4 is 5.32 Å². The Labute approximate surface area is 79.1 Å². The van der Waals surface area contributed by atoms with Gasteiger partial charge < -0.3 is 5.32 Å². The first-order valence-electron chi connectivity index (χ1n) is 5.06. The fourth-order valence-corrected chi connectivity index (χ4v) is 1.92. The lowest BCUT2D eigenvalue weighted by molar-refractivity contribution is 0.581. The van der Waals surface area contributed by atoms with E-state index in [0.717, 1.165) is 6.54 Å². The van der Waals surface area contributed by atoms with E-state index in [-0.39, 0.29) is 0 Å². The Morgan fingerprint density at radius 3 is 3.23 bits per heavy atom. The zero-order chi connectivity index (χ0) is 9.10. The minimum Gasteiger partial charge on any atom is -0.316 e. The molecule has 2 heterocycles. The predicted octanol–water partition coefficient (Wildman–Crippen LogP) is 1.28. The summed E-state index contributed by atoms with van der Waals surface area (Å²) in [5.74, 6) is 0.628. The third kappa shape index (κ3) is 2.10. The van der Waals surface area contributed by atoms with Gasteiger partial charge in [0.15, 0.2) is 0 Å².